The molecule has 31 heavy (non-hydrogen) atoms. The third-order valence-electron chi connectivity index (χ3n) is 5.22. The van der Waals surface area contributed by atoms with Crippen molar-refractivity contribution in [2.24, 2.45) is 0 Å². The molecule has 0 spiro atoms. The zero-order valence-electron chi connectivity index (χ0n) is 17.4. The van der Waals surface area contributed by atoms with Crippen LogP contribution in [0.2, 0.25) is 10.0 Å². The fraction of sp³-hybridized carbons (Fsp3) is 0.409. The molecule has 1 aromatic heterocycles. The van der Waals surface area contributed by atoms with Gasteiger partial charge in [-0.25, -0.2) is 0 Å². The van der Waals surface area contributed by atoms with Gasteiger partial charge in [0.05, 0.1) is 16.1 Å². The minimum Gasteiger partial charge on any atom is -0.456 e. The number of ether oxygens (including phenoxy) is 2. The Labute approximate surface area is 190 Å². The molecule has 1 aromatic carbocycles. The molecule has 2 aromatic rings. The van der Waals surface area contributed by atoms with E-state index in [-0.39, 0.29) is 29.0 Å². The number of amides is 1. The van der Waals surface area contributed by atoms with E-state index in [0.717, 1.165) is 30.8 Å². The number of nitrogens with one attached hydrogen (secondary N) is 1. The second-order valence-corrected chi connectivity index (χ2v) is 8.24. The van der Waals surface area contributed by atoms with Gasteiger partial charge in [0.15, 0.2) is 6.61 Å². The van der Waals surface area contributed by atoms with Crippen LogP contribution in [0.3, 0.4) is 0 Å². The number of nitrogens with zero attached hydrogens (tertiary/aromatic N) is 1. The average Bonchev–Trinajstić information content (AvgIpc) is 3.36. The van der Waals surface area contributed by atoms with Crippen molar-refractivity contribution in [2.45, 2.75) is 39.3 Å². The first kappa shape index (κ1) is 23.3. The molecule has 0 radical (unpaired) electrons. The van der Waals surface area contributed by atoms with Gasteiger partial charge in [0, 0.05) is 35.7 Å². The number of esters is 1. The van der Waals surface area contributed by atoms with Gasteiger partial charge in [-0.05, 0) is 51.0 Å². The molecule has 1 aliphatic rings. The van der Waals surface area contributed by atoms with Crippen molar-refractivity contribution in [3.05, 3.63) is 56.8 Å². The lowest BCUT2D eigenvalue weighted by Crippen LogP contribution is -2.31. The lowest BCUT2D eigenvalue weighted by atomic mass is 10.1. The van der Waals surface area contributed by atoms with E-state index in [9.17, 15) is 14.4 Å². The second-order valence-electron chi connectivity index (χ2n) is 7.43. The van der Waals surface area contributed by atoms with E-state index in [1.165, 1.54) is 18.2 Å². The molecule has 9 heteroatoms. The fourth-order valence-corrected chi connectivity index (χ4v) is 3.82. The van der Waals surface area contributed by atoms with E-state index < -0.39 is 18.5 Å². The molecule has 166 valence electrons. The van der Waals surface area contributed by atoms with Crippen LogP contribution in [0.1, 0.15) is 44.9 Å². The highest BCUT2D eigenvalue weighted by atomic mass is 35.5. The summed E-state index contributed by atoms with van der Waals surface area (Å²) in [5, 5.41) is 2.99. The van der Waals surface area contributed by atoms with Gasteiger partial charge in [-0.15, -0.1) is 0 Å². The summed E-state index contributed by atoms with van der Waals surface area (Å²) in [6.45, 7) is 4.51. The first-order valence-corrected chi connectivity index (χ1v) is 10.7. The third kappa shape index (κ3) is 5.87. The van der Waals surface area contributed by atoms with Crippen LogP contribution in [0.15, 0.2) is 24.3 Å². The molecule has 1 atom stereocenters. The van der Waals surface area contributed by atoms with Crippen molar-refractivity contribution in [3.63, 3.8) is 0 Å². The Hall–Kier alpha value is -2.35. The average molecular weight is 467 g/mol. The molecule has 0 aliphatic carbocycles. The molecule has 0 saturated carbocycles. The summed E-state index contributed by atoms with van der Waals surface area (Å²) in [6.07, 6.45) is 2.21. The molecular formula is C22H24Cl2N2O5. The molecule has 1 aliphatic heterocycles. The van der Waals surface area contributed by atoms with Crippen molar-refractivity contribution in [1.82, 2.24) is 9.88 Å². The summed E-state index contributed by atoms with van der Waals surface area (Å²) in [5.41, 5.74) is 2.55. The van der Waals surface area contributed by atoms with E-state index in [1.54, 1.807) is 6.07 Å². The van der Waals surface area contributed by atoms with Gasteiger partial charge in [-0.3, -0.25) is 14.4 Å². The highest BCUT2D eigenvalue weighted by Crippen LogP contribution is 2.23. The Morgan fingerprint density at radius 2 is 1.97 bits per heavy atom. The maximum atomic E-state index is 12.6. The standard InChI is InChI=1S/C22H24Cl2N2O5/c1-13-8-17(14(2)26(13)11-16-4-3-7-30-16)20(27)12-31-21(28)10-25-22(29)15-5-6-18(23)19(24)9-15/h5-6,8-9,16H,3-4,7,10-12H2,1-2H3,(H,25,29). The SMILES string of the molecule is Cc1cc(C(=O)COC(=O)CNC(=O)c2ccc(Cl)c(Cl)c2)c(C)n1CC1CCCO1. The summed E-state index contributed by atoms with van der Waals surface area (Å²) in [4.78, 5) is 36.6. The first-order valence-electron chi connectivity index (χ1n) is 9.96. The van der Waals surface area contributed by atoms with Crippen molar-refractivity contribution in [3.8, 4) is 0 Å². The lowest BCUT2D eigenvalue weighted by Gasteiger charge is -2.14. The number of aromatic nitrogens is 1. The third-order valence-corrected chi connectivity index (χ3v) is 5.96. The Morgan fingerprint density at radius 1 is 1.19 bits per heavy atom. The van der Waals surface area contributed by atoms with E-state index >= 15 is 0 Å². The van der Waals surface area contributed by atoms with Crippen LogP contribution in [-0.2, 0) is 20.8 Å². The molecule has 1 unspecified atom stereocenters. The fourth-order valence-electron chi connectivity index (χ4n) is 3.52. The molecule has 1 saturated heterocycles. The maximum absolute atomic E-state index is 12.6. The number of Topliss-reactive ketones (excluding diaryl/α,β-unsaturated/α-hetero) is 1. The number of carbonyl (C=O) groups is 3. The van der Waals surface area contributed by atoms with E-state index in [4.69, 9.17) is 32.7 Å². The van der Waals surface area contributed by atoms with Gasteiger partial charge >= 0.3 is 5.97 Å². The largest absolute Gasteiger partial charge is 0.456 e. The van der Waals surface area contributed by atoms with Crippen molar-refractivity contribution in [2.75, 3.05) is 19.8 Å². The number of aryl methyl sites for hydroxylation is 1. The van der Waals surface area contributed by atoms with Gasteiger partial charge in [0.25, 0.3) is 5.91 Å². The molecular weight excluding hydrogens is 443 g/mol. The number of hydrogen-bond acceptors (Lipinski definition) is 5. The zero-order chi connectivity index (χ0) is 22.5. The van der Waals surface area contributed by atoms with Crippen molar-refractivity contribution >= 4 is 40.9 Å². The first-order chi connectivity index (χ1) is 14.8. The second kappa shape index (κ2) is 10.3. The van der Waals surface area contributed by atoms with E-state index in [1.807, 2.05) is 13.8 Å². The number of rotatable bonds is 8. The van der Waals surface area contributed by atoms with Crippen molar-refractivity contribution in [1.29, 1.82) is 0 Å². The summed E-state index contributed by atoms with van der Waals surface area (Å²) in [5.74, 6) is -1.51. The number of benzene rings is 1. The number of halogens is 2. The molecule has 3 rings (SSSR count). The summed E-state index contributed by atoms with van der Waals surface area (Å²) < 4.78 is 12.8. The molecule has 7 nitrogen and oxygen atoms in total. The molecule has 1 amide bonds. The Morgan fingerprint density at radius 3 is 2.65 bits per heavy atom. The molecule has 1 N–H and O–H groups in total. The van der Waals surface area contributed by atoms with Gasteiger partial charge in [0.2, 0.25) is 5.78 Å². The van der Waals surface area contributed by atoms with Crippen LogP contribution in [0, 0.1) is 13.8 Å². The lowest BCUT2D eigenvalue weighted by molar-refractivity contribution is -0.141. The number of hydrogen-bond donors (Lipinski definition) is 1. The predicted molar refractivity (Wildman–Crippen MR) is 117 cm³/mol. The van der Waals surface area contributed by atoms with E-state index in [2.05, 4.69) is 9.88 Å². The van der Waals surface area contributed by atoms with Gasteiger partial charge < -0.3 is 19.4 Å². The minimum absolute atomic E-state index is 0.157. The number of ketones is 1. The zero-order valence-corrected chi connectivity index (χ0v) is 18.9. The highest BCUT2D eigenvalue weighted by molar-refractivity contribution is 6.42. The van der Waals surface area contributed by atoms with Crippen LogP contribution in [0.5, 0.6) is 0 Å². The van der Waals surface area contributed by atoms with Gasteiger partial charge in [-0.1, -0.05) is 23.2 Å². The Bertz CT molecular complexity index is 996. The van der Waals surface area contributed by atoms with Crippen LogP contribution in [-0.4, -0.2) is 48.1 Å². The van der Waals surface area contributed by atoms with Gasteiger partial charge in [0.1, 0.15) is 6.54 Å². The maximum Gasteiger partial charge on any atom is 0.325 e. The van der Waals surface area contributed by atoms with E-state index in [0.29, 0.717) is 17.1 Å². The van der Waals surface area contributed by atoms with Crippen LogP contribution >= 0.6 is 23.2 Å². The summed E-state index contributed by atoms with van der Waals surface area (Å²) in [7, 11) is 0. The van der Waals surface area contributed by atoms with Gasteiger partial charge in [-0.2, -0.15) is 0 Å². The number of carbonyl (C=O) groups excluding carboxylic acids is 3. The highest BCUT2D eigenvalue weighted by Gasteiger charge is 2.22. The van der Waals surface area contributed by atoms with Crippen LogP contribution in [0.25, 0.3) is 0 Å². The van der Waals surface area contributed by atoms with Crippen molar-refractivity contribution < 1.29 is 23.9 Å². The molecule has 2 heterocycles. The topological polar surface area (TPSA) is 86.6 Å². The summed E-state index contributed by atoms with van der Waals surface area (Å²) >= 11 is 11.7. The predicted octanol–water partition coefficient (Wildman–Crippen LogP) is 3.75. The monoisotopic (exact) mass is 466 g/mol. The van der Waals surface area contributed by atoms with Crippen LogP contribution < -0.4 is 5.32 Å². The smallest absolute Gasteiger partial charge is 0.325 e. The minimum atomic E-state index is -0.713. The Balaban J connectivity index is 1.50. The molecule has 0 bridgehead atoms. The van der Waals surface area contributed by atoms with Crippen LogP contribution in [0.4, 0.5) is 0 Å². The Kier molecular flexibility index (Phi) is 7.75. The molecule has 1 fully saturated rings. The normalized spacial score (nSPS) is 15.7. The quantitative estimate of drug-likeness (QED) is 0.472. The summed E-state index contributed by atoms with van der Waals surface area (Å²) in [6, 6.07) is 6.18.